The van der Waals surface area contributed by atoms with Gasteiger partial charge in [0.25, 0.3) is 17.4 Å². The fourth-order valence-corrected chi connectivity index (χ4v) is 5.26. The highest BCUT2D eigenvalue weighted by Gasteiger charge is 2.33. The number of carbonyl (C=O) groups excluding carboxylic acids is 3. The summed E-state index contributed by atoms with van der Waals surface area (Å²) in [6.45, 7) is 0.144. The molecule has 0 saturated heterocycles. The largest absolute Gasteiger partial charge is 0.482 e. The van der Waals surface area contributed by atoms with Gasteiger partial charge in [-0.2, -0.15) is 0 Å². The molecule has 164 valence electrons. The van der Waals surface area contributed by atoms with Crippen LogP contribution < -0.4 is 20.9 Å². The number of methoxy groups -OCH3 is 1. The first-order chi connectivity index (χ1) is 15.4. The topological polar surface area (TPSA) is 139 Å². The summed E-state index contributed by atoms with van der Waals surface area (Å²) in [6.07, 6.45) is 0.930. The van der Waals surface area contributed by atoms with Gasteiger partial charge in [-0.15, -0.1) is 11.3 Å². The minimum Gasteiger partial charge on any atom is -0.482 e. The number of aromatic nitrogens is 2. The molecule has 32 heavy (non-hydrogen) atoms. The van der Waals surface area contributed by atoms with Gasteiger partial charge in [0.15, 0.2) is 6.61 Å². The fraction of sp³-hybridized carbons (Fsp3) is 0.286. The Morgan fingerprint density at radius 1 is 1.31 bits per heavy atom. The fourth-order valence-electron chi connectivity index (χ4n) is 3.98. The molecule has 0 spiro atoms. The van der Waals surface area contributed by atoms with Crippen LogP contribution in [-0.4, -0.2) is 41.5 Å². The highest BCUT2D eigenvalue weighted by molar-refractivity contribution is 7.18. The SMILES string of the molecule is COC(=O)C1Cc2sc3nc(C(=O)NCc4ccc5c(c4)NC(=O)CO5)[nH]c(=O)c3c2C1. The predicted molar refractivity (Wildman–Crippen MR) is 115 cm³/mol. The second-order valence-electron chi connectivity index (χ2n) is 7.58. The highest BCUT2D eigenvalue weighted by Crippen LogP contribution is 2.37. The Hall–Kier alpha value is -3.73. The molecule has 11 heteroatoms. The number of anilines is 1. The van der Waals surface area contributed by atoms with Crippen molar-refractivity contribution in [1.29, 1.82) is 0 Å². The quantitative estimate of drug-likeness (QED) is 0.502. The van der Waals surface area contributed by atoms with Crippen LogP contribution in [0.4, 0.5) is 5.69 Å². The number of thiophene rings is 1. The number of ether oxygens (including phenoxy) is 2. The molecule has 3 N–H and O–H groups in total. The zero-order valence-corrected chi connectivity index (χ0v) is 17.8. The number of hydrogen-bond donors (Lipinski definition) is 3. The lowest BCUT2D eigenvalue weighted by molar-refractivity contribution is -0.145. The summed E-state index contributed by atoms with van der Waals surface area (Å²) in [5.74, 6) is -0.870. The summed E-state index contributed by atoms with van der Waals surface area (Å²) in [5.41, 5.74) is 1.69. The van der Waals surface area contributed by atoms with Gasteiger partial charge in [0, 0.05) is 11.4 Å². The van der Waals surface area contributed by atoms with E-state index in [0.717, 1.165) is 16.0 Å². The van der Waals surface area contributed by atoms with Gasteiger partial charge in [-0.3, -0.25) is 19.2 Å². The average Bonchev–Trinajstić information content (AvgIpc) is 3.34. The standard InChI is InChI=1S/C21H18N4O6S/c1-30-21(29)10-5-11-14(6-10)32-20-16(11)18(27)24-17(25-20)19(28)22-7-9-2-3-13-12(4-9)23-15(26)8-31-13/h2-4,10H,5-8H2,1H3,(H,22,28)(H,23,26)(H,24,25,27). The third-order valence-corrected chi connectivity index (χ3v) is 6.65. The van der Waals surface area contributed by atoms with Crippen LogP contribution in [0, 0.1) is 5.92 Å². The third-order valence-electron chi connectivity index (χ3n) is 5.51. The van der Waals surface area contributed by atoms with Crippen LogP contribution in [-0.2, 0) is 33.7 Å². The molecule has 0 fully saturated rings. The first kappa shape index (κ1) is 20.2. The molecule has 10 nitrogen and oxygen atoms in total. The Labute approximate surface area is 184 Å². The van der Waals surface area contributed by atoms with Crippen LogP contribution in [0.3, 0.4) is 0 Å². The van der Waals surface area contributed by atoms with Gasteiger partial charge in [-0.25, -0.2) is 4.98 Å². The number of fused-ring (bicyclic) bond motifs is 4. The number of benzene rings is 1. The molecule has 5 rings (SSSR count). The average molecular weight is 454 g/mol. The van der Waals surface area contributed by atoms with Crippen LogP contribution in [0.5, 0.6) is 5.75 Å². The molecule has 3 heterocycles. The summed E-state index contributed by atoms with van der Waals surface area (Å²) < 4.78 is 10.1. The Morgan fingerprint density at radius 2 is 2.16 bits per heavy atom. The summed E-state index contributed by atoms with van der Waals surface area (Å²) in [7, 11) is 1.35. The molecular formula is C21H18N4O6S. The van der Waals surface area contributed by atoms with E-state index in [1.807, 2.05) is 0 Å². The van der Waals surface area contributed by atoms with Crippen molar-refractivity contribution in [3.63, 3.8) is 0 Å². The Balaban J connectivity index is 1.33. The van der Waals surface area contributed by atoms with Gasteiger partial charge in [-0.1, -0.05) is 6.07 Å². The van der Waals surface area contributed by atoms with Crippen molar-refractivity contribution in [3.05, 3.63) is 50.4 Å². The first-order valence-corrected chi connectivity index (χ1v) is 10.7. The lowest BCUT2D eigenvalue weighted by atomic mass is 10.1. The minimum absolute atomic E-state index is 0.0277. The van der Waals surface area contributed by atoms with Gasteiger partial charge in [0.1, 0.15) is 10.6 Å². The third kappa shape index (κ3) is 3.50. The number of amides is 2. The number of H-pyrrole nitrogens is 1. The van der Waals surface area contributed by atoms with E-state index in [1.54, 1.807) is 18.2 Å². The number of nitrogens with one attached hydrogen (secondary N) is 3. The number of nitrogens with zero attached hydrogens (tertiary/aromatic N) is 1. The molecule has 0 bridgehead atoms. The molecule has 1 unspecified atom stereocenters. The van der Waals surface area contributed by atoms with E-state index in [9.17, 15) is 19.2 Å². The molecular weight excluding hydrogens is 436 g/mol. The summed E-state index contributed by atoms with van der Waals surface area (Å²) >= 11 is 1.32. The van der Waals surface area contributed by atoms with Crippen molar-refractivity contribution < 1.29 is 23.9 Å². The van der Waals surface area contributed by atoms with Crippen molar-refractivity contribution in [1.82, 2.24) is 15.3 Å². The second kappa shape index (κ2) is 7.75. The number of esters is 1. The molecule has 1 aromatic carbocycles. The Bertz CT molecular complexity index is 1340. The smallest absolute Gasteiger partial charge is 0.309 e. The van der Waals surface area contributed by atoms with Crippen LogP contribution in [0.1, 0.15) is 26.6 Å². The number of aromatic amines is 1. The van der Waals surface area contributed by atoms with E-state index < -0.39 is 11.5 Å². The first-order valence-electron chi connectivity index (χ1n) is 9.89. The maximum Gasteiger partial charge on any atom is 0.309 e. The van der Waals surface area contributed by atoms with Crippen molar-refractivity contribution >= 4 is 45.0 Å². The van der Waals surface area contributed by atoms with Crippen molar-refractivity contribution in [2.24, 2.45) is 5.92 Å². The molecule has 0 radical (unpaired) electrons. The minimum atomic E-state index is -0.525. The molecule has 0 saturated carbocycles. The summed E-state index contributed by atoms with van der Waals surface area (Å²) in [4.78, 5) is 56.9. The zero-order chi connectivity index (χ0) is 22.4. The van der Waals surface area contributed by atoms with Gasteiger partial charge >= 0.3 is 5.97 Å². The lowest BCUT2D eigenvalue weighted by Gasteiger charge is -2.18. The lowest BCUT2D eigenvalue weighted by Crippen LogP contribution is -2.28. The van der Waals surface area contributed by atoms with Gasteiger partial charge in [-0.05, 0) is 36.1 Å². The molecule has 1 aliphatic carbocycles. The molecule has 1 aliphatic heterocycles. The van der Waals surface area contributed by atoms with E-state index in [2.05, 4.69) is 20.6 Å². The van der Waals surface area contributed by atoms with Crippen LogP contribution >= 0.6 is 11.3 Å². The van der Waals surface area contributed by atoms with Gasteiger partial charge < -0.3 is 25.1 Å². The van der Waals surface area contributed by atoms with Crippen LogP contribution in [0.2, 0.25) is 0 Å². The van der Waals surface area contributed by atoms with E-state index in [-0.39, 0.29) is 36.8 Å². The van der Waals surface area contributed by atoms with E-state index >= 15 is 0 Å². The van der Waals surface area contributed by atoms with E-state index in [0.29, 0.717) is 34.5 Å². The molecule has 2 aromatic heterocycles. The normalized spacial score (nSPS) is 16.7. The maximum absolute atomic E-state index is 12.7. The number of hydrogen-bond acceptors (Lipinski definition) is 8. The van der Waals surface area contributed by atoms with Crippen molar-refractivity contribution in [3.8, 4) is 5.75 Å². The second-order valence-corrected chi connectivity index (χ2v) is 8.66. The molecule has 1 atom stereocenters. The number of carbonyl (C=O) groups is 3. The molecule has 2 amide bonds. The summed E-state index contributed by atoms with van der Waals surface area (Å²) in [6, 6.07) is 5.21. The van der Waals surface area contributed by atoms with E-state index in [1.165, 1.54) is 18.4 Å². The highest BCUT2D eigenvalue weighted by atomic mass is 32.1. The van der Waals surface area contributed by atoms with Crippen molar-refractivity contribution in [2.45, 2.75) is 19.4 Å². The van der Waals surface area contributed by atoms with Crippen LogP contribution in [0.25, 0.3) is 10.2 Å². The predicted octanol–water partition coefficient (Wildman–Crippen LogP) is 1.13. The van der Waals surface area contributed by atoms with Gasteiger partial charge in [0.05, 0.1) is 24.1 Å². The number of rotatable bonds is 4. The Morgan fingerprint density at radius 3 is 2.97 bits per heavy atom. The van der Waals surface area contributed by atoms with Crippen LogP contribution in [0.15, 0.2) is 23.0 Å². The molecule has 3 aromatic rings. The molecule has 2 aliphatic rings. The zero-order valence-electron chi connectivity index (χ0n) is 16.9. The Kier molecular flexibility index (Phi) is 4.89. The van der Waals surface area contributed by atoms with Gasteiger partial charge in [0.2, 0.25) is 5.82 Å². The van der Waals surface area contributed by atoms with E-state index in [4.69, 9.17) is 9.47 Å². The van der Waals surface area contributed by atoms with Crippen molar-refractivity contribution in [2.75, 3.05) is 19.0 Å². The summed E-state index contributed by atoms with van der Waals surface area (Å²) in [5, 5.41) is 5.87. The maximum atomic E-state index is 12.7. The monoisotopic (exact) mass is 454 g/mol.